The van der Waals surface area contributed by atoms with E-state index in [1.807, 2.05) is 12.1 Å². The SMILES string of the molecule is Oc1cccc(-c2cnoc2CC2CCCNC2)c1. The molecule has 4 heteroatoms. The van der Waals surface area contributed by atoms with Crippen LogP contribution in [0.25, 0.3) is 11.1 Å². The van der Waals surface area contributed by atoms with Gasteiger partial charge in [0.1, 0.15) is 11.5 Å². The molecule has 1 aromatic carbocycles. The van der Waals surface area contributed by atoms with E-state index in [2.05, 4.69) is 10.5 Å². The van der Waals surface area contributed by atoms with Crippen LogP contribution in [0.1, 0.15) is 18.6 Å². The molecular formula is C15H18N2O2. The van der Waals surface area contributed by atoms with Crippen LogP contribution in [0.2, 0.25) is 0 Å². The fourth-order valence-electron chi connectivity index (χ4n) is 2.68. The van der Waals surface area contributed by atoms with Crippen molar-refractivity contribution in [2.24, 2.45) is 5.92 Å². The van der Waals surface area contributed by atoms with E-state index in [0.29, 0.717) is 5.92 Å². The van der Waals surface area contributed by atoms with Gasteiger partial charge in [-0.25, -0.2) is 0 Å². The standard InChI is InChI=1S/C15H18N2O2/c18-13-5-1-4-12(8-13)14-10-17-19-15(14)7-11-3-2-6-16-9-11/h1,4-5,8,10-11,16,18H,2-3,6-7,9H2. The van der Waals surface area contributed by atoms with Gasteiger partial charge in [-0.2, -0.15) is 0 Å². The number of aromatic nitrogens is 1. The van der Waals surface area contributed by atoms with E-state index in [-0.39, 0.29) is 5.75 Å². The zero-order valence-electron chi connectivity index (χ0n) is 10.8. The van der Waals surface area contributed by atoms with Crippen LogP contribution in [0.15, 0.2) is 35.0 Å². The zero-order valence-corrected chi connectivity index (χ0v) is 10.8. The first kappa shape index (κ1) is 12.2. The summed E-state index contributed by atoms with van der Waals surface area (Å²) >= 11 is 0. The van der Waals surface area contributed by atoms with Crippen molar-refractivity contribution >= 4 is 0 Å². The molecular weight excluding hydrogens is 240 g/mol. The molecule has 1 aromatic heterocycles. The van der Waals surface area contributed by atoms with Crippen molar-refractivity contribution in [2.45, 2.75) is 19.3 Å². The fraction of sp³-hybridized carbons (Fsp3) is 0.400. The number of phenols is 1. The molecule has 100 valence electrons. The molecule has 4 nitrogen and oxygen atoms in total. The van der Waals surface area contributed by atoms with Crippen LogP contribution in [0.4, 0.5) is 0 Å². The lowest BCUT2D eigenvalue weighted by atomic mass is 9.93. The summed E-state index contributed by atoms with van der Waals surface area (Å²) in [6, 6.07) is 7.22. The van der Waals surface area contributed by atoms with Crippen molar-refractivity contribution in [3.63, 3.8) is 0 Å². The third-order valence-electron chi connectivity index (χ3n) is 3.68. The zero-order chi connectivity index (χ0) is 13.1. The Labute approximate surface area is 112 Å². The summed E-state index contributed by atoms with van der Waals surface area (Å²) in [6.45, 7) is 2.16. The number of phenolic OH excluding ortho intramolecular Hbond substituents is 1. The van der Waals surface area contributed by atoms with Crippen LogP contribution in [0.3, 0.4) is 0 Å². The Balaban J connectivity index is 1.81. The smallest absolute Gasteiger partial charge is 0.144 e. The summed E-state index contributed by atoms with van der Waals surface area (Å²) < 4.78 is 5.40. The van der Waals surface area contributed by atoms with Crippen LogP contribution in [-0.2, 0) is 6.42 Å². The van der Waals surface area contributed by atoms with Crippen molar-refractivity contribution in [1.82, 2.24) is 10.5 Å². The van der Waals surface area contributed by atoms with E-state index in [9.17, 15) is 5.11 Å². The fourth-order valence-corrected chi connectivity index (χ4v) is 2.68. The maximum absolute atomic E-state index is 9.56. The first-order valence-electron chi connectivity index (χ1n) is 6.76. The summed E-state index contributed by atoms with van der Waals surface area (Å²) in [4.78, 5) is 0. The largest absolute Gasteiger partial charge is 0.508 e. The lowest BCUT2D eigenvalue weighted by Gasteiger charge is -2.21. The average Bonchev–Trinajstić information content (AvgIpc) is 2.88. The van der Waals surface area contributed by atoms with Crippen LogP contribution in [0.5, 0.6) is 5.75 Å². The summed E-state index contributed by atoms with van der Waals surface area (Å²) in [5, 5.41) is 16.9. The van der Waals surface area contributed by atoms with Gasteiger partial charge < -0.3 is 14.9 Å². The van der Waals surface area contributed by atoms with E-state index < -0.39 is 0 Å². The number of piperidine rings is 1. The normalized spacial score (nSPS) is 19.5. The highest BCUT2D eigenvalue weighted by Gasteiger charge is 2.19. The first-order chi connectivity index (χ1) is 9.33. The van der Waals surface area contributed by atoms with Gasteiger partial charge in [0.15, 0.2) is 0 Å². The highest BCUT2D eigenvalue weighted by atomic mass is 16.5. The van der Waals surface area contributed by atoms with E-state index >= 15 is 0 Å². The third-order valence-corrected chi connectivity index (χ3v) is 3.68. The molecule has 0 saturated carbocycles. The molecule has 3 rings (SSSR count). The predicted octanol–water partition coefficient (Wildman–Crippen LogP) is 2.59. The Morgan fingerprint density at radius 1 is 1.42 bits per heavy atom. The van der Waals surface area contributed by atoms with Crippen LogP contribution >= 0.6 is 0 Å². The Hall–Kier alpha value is -1.81. The number of aromatic hydroxyl groups is 1. The van der Waals surface area contributed by atoms with Crippen molar-refractivity contribution < 1.29 is 9.63 Å². The van der Waals surface area contributed by atoms with Gasteiger partial charge in [0.2, 0.25) is 0 Å². The van der Waals surface area contributed by atoms with Gasteiger partial charge in [0.25, 0.3) is 0 Å². The molecule has 2 N–H and O–H groups in total. The van der Waals surface area contributed by atoms with E-state index in [4.69, 9.17) is 4.52 Å². The lowest BCUT2D eigenvalue weighted by molar-refractivity contribution is 0.321. The maximum Gasteiger partial charge on any atom is 0.144 e. The van der Waals surface area contributed by atoms with Crippen LogP contribution in [0, 0.1) is 5.92 Å². The number of rotatable bonds is 3. The predicted molar refractivity (Wildman–Crippen MR) is 72.9 cm³/mol. The minimum atomic E-state index is 0.268. The maximum atomic E-state index is 9.56. The second kappa shape index (κ2) is 5.45. The number of benzene rings is 1. The molecule has 1 atom stereocenters. The Morgan fingerprint density at radius 3 is 3.16 bits per heavy atom. The first-order valence-corrected chi connectivity index (χ1v) is 6.76. The summed E-state index contributed by atoms with van der Waals surface area (Å²) in [5.74, 6) is 1.79. The number of hydrogen-bond donors (Lipinski definition) is 2. The third kappa shape index (κ3) is 2.79. The van der Waals surface area contributed by atoms with Gasteiger partial charge in [-0.15, -0.1) is 0 Å². The number of nitrogens with zero attached hydrogens (tertiary/aromatic N) is 1. The number of nitrogens with one attached hydrogen (secondary N) is 1. The van der Waals surface area contributed by atoms with Crippen molar-refractivity contribution in [2.75, 3.05) is 13.1 Å². The molecule has 0 bridgehead atoms. The van der Waals surface area contributed by atoms with Gasteiger partial charge >= 0.3 is 0 Å². The second-order valence-corrected chi connectivity index (χ2v) is 5.13. The Bertz CT molecular complexity index is 545. The Morgan fingerprint density at radius 2 is 2.37 bits per heavy atom. The molecule has 1 fully saturated rings. The quantitative estimate of drug-likeness (QED) is 0.888. The summed E-state index contributed by atoms with van der Waals surface area (Å²) in [6.07, 6.45) is 5.09. The van der Waals surface area contributed by atoms with Gasteiger partial charge in [-0.3, -0.25) is 0 Å². The van der Waals surface area contributed by atoms with Gasteiger partial charge in [-0.05, 0) is 49.5 Å². The second-order valence-electron chi connectivity index (χ2n) is 5.13. The van der Waals surface area contributed by atoms with Crippen molar-refractivity contribution in [3.8, 4) is 16.9 Å². The van der Waals surface area contributed by atoms with E-state index in [1.54, 1.807) is 18.3 Å². The molecule has 2 aromatic rings. The Kier molecular flexibility index (Phi) is 3.51. The van der Waals surface area contributed by atoms with Crippen LogP contribution < -0.4 is 5.32 Å². The van der Waals surface area contributed by atoms with E-state index in [0.717, 1.165) is 36.4 Å². The minimum Gasteiger partial charge on any atom is -0.508 e. The molecule has 0 aliphatic carbocycles. The topological polar surface area (TPSA) is 58.3 Å². The lowest BCUT2D eigenvalue weighted by Crippen LogP contribution is -2.30. The minimum absolute atomic E-state index is 0.268. The highest BCUT2D eigenvalue weighted by Crippen LogP contribution is 2.29. The van der Waals surface area contributed by atoms with Gasteiger partial charge in [-0.1, -0.05) is 17.3 Å². The molecule has 1 aliphatic rings. The van der Waals surface area contributed by atoms with E-state index in [1.165, 1.54) is 12.8 Å². The summed E-state index contributed by atoms with van der Waals surface area (Å²) in [7, 11) is 0. The molecule has 2 heterocycles. The molecule has 0 amide bonds. The average molecular weight is 258 g/mol. The molecule has 0 spiro atoms. The van der Waals surface area contributed by atoms with Crippen LogP contribution in [-0.4, -0.2) is 23.4 Å². The molecule has 19 heavy (non-hydrogen) atoms. The molecule has 1 aliphatic heterocycles. The molecule has 1 unspecified atom stereocenters. The number of hydrogen-bond acceptors (Lipinski definition) is 4. The monoisotopic (exact) mass is 258 g/mol. The molecule has 1 saturated heterocycles. The van der Waals surface area contributed by atoms with Gasteiger partial charge in [0.05, 0.1) is 6.20 Å². The molecule has 0 radical (unpaired) electrons. The summed E-state index contributed by atoms with van der Waals surface area (Å²) in [5.41, 5.74) is 1.95. The highest BCUT2D eigenvalue weighted by molar-refractivity contribution is 5.66. The van der Waals surface area contributed by atoms with Gasteiger partial charge in [0, 0.05) is 12.0 Å². The van der Waals surface area contributed by atoms with Crippen molar-refractivity contribution in [1.29, 1.82) is 0 Å². The van der Waals surface area contributed by atoms with Crippen molar-refractivity contribution in [3.05, 3.63) is 36.2 Å².